The zero-order chi connectivity index (χ0) is 18.4. The molecule has 8 heteroatoms. The van der Waals surface area contributed by atoms with Crippen molar-refractivity contribution in [1.82, 2.24) is 10.0 Å². The van der Waals surface area contributed by atoms with E-state index in [1.807, 2.05) is 0 Å². The summed E-state index contributed by atoms with van der Waals surface area (Å²) in [5.41, 5.74) is 1.05. The van der Waals surface area contributed by atoms with Crippen LogP contribution in [-0.2, 0) is 21.2 Å². The first-order valence-electron chi connectivity index (χ1n) is 7.55. The van der Waals surface area contributed by atoms with Gasteiger partial charge in [-0.3, -0.25) is 4.79 Å². The van der Waals surface area contributed by atoms with Gasteiger partial charge in [0.05, 0.1) is 11.4 Å². The summed E-state index contributed by atoms with van der Waals surface area (Å²) in [4.78, 5) is 11.6. The maximum absolute atomic E-state index is 13.2. The Labute approximate surface area is 145 Å². The molecule has 0 radical (unpaired) electrons. The molecule has 2 aromatic rings. The molecule has 0 saturated heterocycles. The van der Waals surface area contributed by atoms with Crippen molar-refractivity contribution < 1.29 is 22.0 Å². The highest BCUT2D eigenvalue weighted by molar-refractivity contribution is 7.89. The molecule has 5 nitrogen and oxygen atoms in total. The molecule has 2 rings (SSSR count). The zero-order valence-electron chi connectivity index (χ0n) is 13.6. The molecule has 0 aromatic heterocycles. The van der Waals surface area contributed by atoms with E-state index in [4.69, 9.17) is 0 Å². The van der Waals surface area contributed by atoms with E-state index in [2.05, 4.69) is 10.0 Å². The van der Waals surface area contributed by atoms with Gasteiger partial charge in [0.15, 0.2) is 0 Å². The van der Waals surface area contributed by atoms with Crippen LogP contribution < -0.4 is 10.0 Å². The van der Waals surface area contributed by atoms with E-state index < -0.39 is 28.3 Å². The molecule has 25 heavy (non-hydrogen) atoms. The van der Waals surface area contributed by atoms with Crippen molar-refractivity contribution in [2.75, 3.05) is 13.1 Å². The van der Waals surface area contributed by atoms with E-state index in [1.54, 1.807) is 12.1 Å². The second kappa shape index (κ2) is 8.17. The quantitative estimate of drug-likeness (QED) is 0.784. The number of hydrogen-bond acceptors (Lipinski definition) is 3. The Morgan fingerprint density at radius 1 is 1.08 bits per heavy atom. The van der Waals surface area contributed by atoms with Gasteiger partial charge in [0.2, 0.25) is 15.9 Å². The lowest BCUT2D eigenvalue weighted by Gasteiger charge is -2.09. The van der Waals surface area contributed by atoms with Crippen molar-refractivity contribution in [2.45, 2.75) is 18.2 Å². The molecular formula is C17H18F2N2O3S. The molecule has 0 spiro atoms. The molecule has 0 saturated carbocycles. The number of amides is 1. The maximum atomic E-state index is 13.2. The number of aryl methyl sites for hydroxylation is 1. The fourth-order valence-electron chi connectivity index (χ4n) is 2.09. The number of sulfonamides is 1. The summed E-state index contributed by atoms with van der Waals surface area (Å²) < 4.78 is 52.3. The van der Waals surface area contributed by atoms with E-state index in [-0.39, 0.29) is 16.3 Å². The third-order valence-corrected chi connectivity index (χ3v) is 4.91. The second-order valence-corrected chi connectivity index (χ2v) is 7.23. The molecule has 0 bridgehead atoms. The predicted octanol–water partition coefficient (Wildman–Crippen LogP) is 1.91. The predicted molar refractivity (Wildman–Crippen MR) is 89.4 cm³/mol. The van der Waals surface area contributed by atoms with Gasteiger partial charge in [0.25, 0.3) is 0 Å². The molecular weight excluding hydrogens is 350 g/mol. The maximum Gasteiger partial charge on any atom is 0.241 e. The summed E-state index contributed by atoms with van der Waals surface area (Å²) in [5, 5.41) is 2.57. The summed E-state index contributed by atoms with van der Waals surface area (Å²) in [6.45, 7) is 1.32. The monoisotopic (exact) mass is 368 g/mol. The minimum Gasteiger partial charge on any atom is -0.355 e. The van der Waals surface area contributed by atoms with Gasteiger partial charge in [-0.1, -0.05) is 12.1 Å². The third-order valence-electron chi connectivity index (χ3n) is 3.51. The number of benzene rings is 2. The lowest BCUT2D eigenvalue weighted by molar-refractivity contribution is -0.119. The van der Waals surface area contributed by atoms with Crippen LogP contribution in [0, 0.1) is 18.6 Å². The minimum absolute atomic E-state index is 0.106. The first kappa shape index (κ1) is 19.0. The molecule has 0 aliphatic heterocycles. The van der Waals surface area contributed by atoms with E-state index in [0.29, 0.717) is 13.0 Å². The number of rotatable bonds is 7. The Balaban J connectivity index is 1.82. The Morgan fingerprint density at radius 3 is 2.40 bits per heavy atom. The molecule has 0 atom stereocenters. The van der Waals surface area contributed by atoms with Crippen LogP contribution in [0.2, 0.25) is 0 Å². The van der Waals surface area contributed by atoms with Crippen LogP contribution in [0.15, 0.2) is 47.4 Å². The van der Waals surface area contributed by atoms with Gasteiger partial charge in [0, 0.05) is 6.54 Å². The van der Waals surface area contributed by atoms with Gasteiger partial charge < -0.3 is 5.32 Å². The normalized spacial score (nSPS) is 11.3. The Hall–Kier alpha value is -2.32. The Morgan fingerprint density at radius 2 is 1.76 bits per heavy atom. The number of carbonyl (C=O) groups is 1. The van der Waals surface area contributed by atoms with E-state index in [0.717, 1.165) is 17.7 Å². The van der Waals surface area contributed by atoms with Crippen molar-refractivity contribution in [3.8, 4) is 0 Å². The second-order valence-electron chi connectivity index (χ2n) is 5.46. The standard InChI is InChI=1S/C17H18F2N2O3S/c1-12-10-15(6-7-16(12)19)25(23,24)21-11-17(22)20-9-8-13-2-4-14(18)5-3-13/h2-7,10,21H,8-9,11H2,1H3,(H,20,22). The number of nitrogens with one attached hydrogen (secondary N) is 2. The smallest absolute Gasteiger partial charge is 0.241 e. The van der Waals surface area contributed by atoms with Crippen molar-refractivity contribution in [3.63, 3.8) is 0 Å². The highest BCUT2D eigenvalue weighted by Crippen LogP contribution is 2.13. The van der Waals surface area contributed by atoms with Crippen LogP contribution in [0.1, 0.15) is 11.1 Å². The van der Waals surface area contributed by atoms with E-state index >= 15 is 0 Å². The molecule has 0 unspecified atom stereocenters. The molecule has 134 valence electrons. The van der Waals surface area contributed by atoms with Gasteiger partial charge >= 0.3 is 0 Å². The first-order chi connectivity index (χ1) is 11.8. The van der Waals surface area contributed by atoms with Crippen LogP contribution in [0.4, 0.5) is 8.78 Å². The Kier molecular flexibility index (Phi) is 6.22. The van der Waals surface area contributed by atoms with Gasteiger partial charge in [-0.15, -0.1) is 0 Å². The summed E-state index contributed by atoms with van der Waals surface area (Å²) in [5.74, 6) is -1.33. The van der Waals surface area contributed by atoms with E-state index in [1.165, 1.54) is 25.1 Å². The van der Waals surface area contributed by atoms with Gasteiger partial charge in [-0.25, -0.2) is 21.9 Å². The number of carbonyl (C=O) groups excluding carboxylic acids is 1. The van der Waals surface area contributed by atoms with Crippen molar-refractivity contribution in [2.24, 2.45) is 0 Å². The highest BCUT2D eigenvalue weighted by Gasteiger charge is 2.16. The molecule has 0 fully saturated rings. The fourth-order valence-corrected chi connectivity index (χ4v) is 3.15. The average Bonchev–Trinajstić information content (AvgIpc) is 2.57. The zero-order valence-corrected chi connectivity index (χ0v) is 14.4. The SMILES string of the molecule is Cc1cc(S(=O)(=O)NCC(=O)NCCc2ccc(F)cc2)ccc1F. The Bertz CT molecular complexity index is 853. The van der Waals surface area contributed by atoms with Gasteiger partial charge in [-0.2, -0.15) is 0 Å². The summed E-state index contributed by atoms with van der Waals surface area (Å²) in [7, 11) is -3.90. The molecule has 0 heterocycles. The fraction of sp³-hybridized carbons (Fsp3) is 0.235. The largest absolute Gasteiger partial charge is 0.355 e. The minimum atomic E-state index is -3.90. The topological polar surface area (TPSA) is 75.3 Å². The van der Waals surface area contributed by atoms with Crippen LogP contribution in [0.3, 0.4) is 0 Å². The van der Waals surface area contributed by atoms with Crippen molar-refractivity contribution >= 4 is 15.9 Å². The van der Waals surface area contributed by atoms with Crippen molar-refractivity contribution in [1.29, 1.82) is 0 Å². The summed E-state index contributed by atoms with van der Waals surface area (Å²) >= 11 is 0. The lowest BCUT2D eigenvalue weighted by atomic mass is 10.1. The first-order valence-corrected chi connectivity index (χ1v) is 9.03. The molecule has 0 aliphatic carbocycles. The third kappa shape index (κ3) is 5.61. The van der Waals surface area contributed by atoms with Crippen molar-refractivity contribution in [3.05, 3.63) is 65.2 Å². The molecule has 2 N–H and O–H groups in total. The van der Waals surface area contributed by atoms with Crippen LogP contribution >= 0.6 is 0 Å². The lowest BCUT2D eigenvalue weighted by Crippen LogP contribution is -2.37. The van der Waals surface area contributed by atoms with E-state index in [9.17, 15) is 22.0 Å². The number of halogens is 2. The average molecular weight is 368 g/mol. The summed E-state index contributed by atoms with van der Waals surface area (Å²) in [6, 6.07) is 9.28. The van der Waals surface area contributed by atoms with Crippen LogP contribution in [-0.4, -0.2) is 27.4 Å². The van der Waals surface area contributed by atoms with Crippen LogP contribution in [0.5, 0.6) is 0 Å². The number of hydrogen-bond donors (Lipinski definition) is 2. The van der Waals surface area contributed by atoms with Gasteiger partial charge in [-0.05, 0) is 54.8 Å². The molecule has 1 amide bonds. The summed E-state index contributed by atoms with van der Waals surface area (Å²) in [6.07, 6.45) is 0.496. The molecule has 0 aliphatic rings. The molecule has 2 aromatic carbocycles. The van der Waals surface area contributed by atoms with Crippen LogP contribution in [0.25, 0.3) is 0 Å². The highest BCUT2D eigenvalue weighted by atomic mass is 32.2. The van der Waals surface area contributed by atoms with Gasteiger partial charge in [0.1, 0.15) is 11.6 Å².